The van der Waals surface area contributed by atoms with Crippen molar-refractivity contribution in [3.63, 3.8) is 0 Å². The quantitative estimate of drug-likeness (QED) is 0.361. The SMILES string of the molecule is Cc1ccc(C2=C(c3ccc(O[C@H]4CCN(CCCF)C4)cc3)c3ccc(O)cc3CCC2)cc1Cl. The summed E-state index contributed by atoms with van der Waals surface area (Å²) in [6, 6.07) is 20.4. The largest absolute Gasteiger partial charge is 0.508 e. The Morgan fingerprint density at radius 2 is 1.83 bits per heavy atom. The number of allylic oxidation sites excluding steroid dienone is 1. The summed E-state index contributed by atoms with van der Waals surface area (Å²) in [6.07, 6.45) is 4.54. The third-order valence-corrected chi connectivity index (χ3v) is 7.74. The number of nitrogens with zero attached hydrogens (tertiary/aromatic N) is 1. The highest BCUT2D eigenvalue weighted by molar-refractivity contribution is 6.31. The molecule has 0 radical (unpaired) electrons. The molecular formula is C31H33ClFNO2. The van der Waals surface area contributed by atoms with Crippen LogP contribution in [-0.2, 0) is 6.42 Å². The Morgan fingerprint density at radius 3 is 2.61 bits per heavy atom. The maximum atomic E-state index is 12.5. The second-order valence-electron chi connectivity index (χ2n) is 9.91. The maximum absolute atomic E-state index is 12.5. The number of phenols is 1. The Labute approximate surface area is 218 Å². The first-order chi connectivity index (χ1) is 17.5. The van der Waals surface area contributed by atoms with Gasteiger partial charge in [0, 0.05) is 24.7 Å². The molecule has 3 aromatic rings. The lowest BCUT2D eigenvalue weighted by Crippen LogP contribution is -2.26. The van der Waals surface area contributed by atoms with Gasteiger partial charge in [-0.05, 0) is 108 Å². The fourth-order valence-electron chi connectivity index (χ4n) is 5.45. The Bertz CT molecular complexity index is 1250. The average Bonchev–Trinajstić information content (AvgIpc) is 3.23. The number of halogens is 2. The van der Waals surface area contributed by atoms with Crippen LogP contribution in [0.2, 0.25) is 5.02 Å². The predicted octanol–water partition coefficient (Wildman–Crippen LogP) is 7.46. The second-order valence-corrected chi connectivity index (χ2v) is 10.3. The van der Waals surface area contributed by atoms with E-state index < -0.39 is 0 Å². The van der Waals surface area contributed by atoms with Crippen molar-refractivity contribution >= 4 is 22.7 Å². The van der Waals surface area contributed by atoms with Gasteiger partial charge < -0.3 is 9.84 Å². The van der Waals surface area contributed by atoms with Crippen molar-refractivity contribution in [1.29, 1.82) is 0 Å². The van der Waals surface area contributed by atoms with Crippen LogP contribution in [0.5, 0.6) is 11.5 Å². The molecule has 1 atom stereocenters. The fourth-order valence-corrected chi connectivity index (χ4v) is 5.63. The number of fused-ring (bicyclic) bond motifs is 1. The molecule has 5 rings (SSSR count). The van der Waals surface area contributed by atoms with E-state index in [0.29, 0.717) is 12.2 Å². The highest BCUT2D eigenvalue weighted by Gasteiger charge is 2.24. The number of ether oxygens (including phenoxy) is 1. The van der Waals surface area contributed by atoms with E-state index in [9.17, 15) is 9.50 Å². The van der Waals surface area contributed by atoms with Crippen LogP contribution in [0.4, 0.5) is 4.39 Å². The normalized spacial score (nSPS) is 18.2. The number of benzene rings is 3. The zero-order valence-electron chi connectivity index (χ0n) is 20.8. The number of hydrogen-bond donors (Lipinski definition) is 1. The summed E-state index contributed by atoms with van der Waals surface area (Å²) in [4.78, 5) is 2.28. The topological polar surface area (TPSA) is 32.7 Å². The van der Waals surface area contributed by atoms with Crippen LogP contribution >= 0.6 is 11.6 Å². The van der Waals surface area contributed by atoms with Crippen molar-refractivity contribution in [2.45, 2.75) is 45.1 Å². The number of alkyl halides is 1. The number of aryl methyl sites for hydroxylation is 2. The van der Waals surface area contributed by atoms with Gasteiger partial charge in [0.05, 0.1) is 6.67 Å². The molecule has 1 aliphatic carbocycles. The van der Waals surface area contributed by atoms with Gasteiger partial charge in [-0.3, -0.25) is 9.29 Å². The van der Waals surface area contributed by atoms with E-state index in [0.717, 1.165) is 83.9 Å². The lowest BCUT2D eigenvalue weighted by atomic mass is 9.87. The van der Waals surface area contributed by atoms with E-state index in [1.54, 1.807) is 6.07 Å². The van der Waals surface area contributed by atoms with E-state index in [4.69, 9.17) is 16.3 Å². The summed E-state index contributed by atoms with van der Waals surface area (Å²) in [5, 5.41) is 10.9. The van der Waals surface area contributed by atoms with Crippen LogP contribution < -0.4 is 4.74 Å². The molecule has 0 aromatic heterocycles. The molecule has 0 bridgehead atoms. The van der Waals surface area contributed by atoms with Crippen molar-refractivity contribution < 1.29 is 14.2 Å². The Morgan fingerprint density at radius 1 is 1.03 bits per heavy atom. The molecule has 1 heterocycles. The van der Waals surface area contributed by atoms with Gasteiger partial charge in [0.1, 0.15) is 17.6 Å². The van der Waals surface area contributed by atoms with Gasteiger partial charge in [0.2, 0.25) is 0 Å². The van der Waals surface area contributed by atoms with E-state index >= 15 is 0 Å². The third kappa shape index (κ3) is 5.45. The minimum absolute atomic E-state index is 0.140. The molecule has 5 heteroatoms. The predicted molar refractivity (Wildman–Crippen MR) is 146 cm³/mol. The first kappa shape index (κ1) is 24.9. The first-order valence-corrected chi connectivity index (χ1v) is 13.3. The molecule has 2 aliphatic rings. The molecule has 0 saturated carbocycles. The summed E-state index contributed by atoms with van der Waals surface area (Å²) < 4.78 is 18.8. The summed E-state index contributed by atoms with van der Waals surface area (Å²) in [6.45, 7) is 4.36. The minimum atomic E-state index is -0.265. The van der Waals surface area contributed by atoms with Gasteiger partial charge in [-0.1, -0.05) is 41.9 Å². The van der Waals surface area contributed by atoms with Gasteiger partial charge in [-0.15, -0.1) is 0 Å². The number of phenolic OH excluding ortho intramolecular Hbond substituents is 1. The van der Waals surface area contributed by atoms with Gasteiger partial charge >= 0.3 is 0 Å². The van der Waals surface area contributed by atoms with Crippen LogP contribution in [0.25, 0.3) is 11.1 Å². The van der Waals surface area contributed by atoms with Crippen molar-refractivity contribution in [1.82, 2.24) is 4.90 Å². The van der Waals surface area contributed by atoms with E-state index in [-0.39, 0.29) is 12.8 Å². The number of aromatic hydroxyl groups is 1. The highest BCUT2D eigenvalue weighted by atomic mass is 35.5. The van der Waals surface area contributed by atoms with E-state index in [1.165, 1.54) is 11.1 Å². The molecule has 1 N–H and O–H groups in total. The molecule has 188 valence electrons. The van der Waals surface area contributed by atoms with E-state index in [2.05, 4.69) is 47.4 Å². The number of likely N-dealkylation sites (tertiary alicyclic amines) is 1. The molecule has 0 spiro atoms. The minimum Gasteiger partial charge on any atom is -0.508 e. The highest BCUT2D eigenvalue weighted by Crippen LogP contribution is 2.41. The third-order valence-electron chi connectivity index (χ3n) is 7.34. The van der Waals surface area contributed by atoms with Gasteiger partial charge in [-0.25, -0.2) is 0 Å². The average molecular weight is 506 g/mol. The molecule has 0 amide bonds. The molecule has 36 heavy (non-hydrogen) atoms. The molecule has 3 aromatic carbocycles. The molecule has 1 fully saturated rings. The standard InChI is InChI=1S/C31H33ClFNO2/c1-21-6-7-24(19-30(21)32)28-5-2-4-23-18-25(35)10-13-29(23)31(28)22-8-11-26(12-9-22)36-27-14-17-34(20-27)16-3-15-33/h6-13,18-19,27,35H,2-5,14-17,20H2,1H3/t27-/m0/s1. The van der Waals surface area contributed by atoms with Crippen LogP contribution in [0.1, 0.15) is 53.5 Å². The zero-order chi connectivity index (χ0) is 25.1. The maximum Gasteiger partial charge on any atom is 0.119 e. The van der Waals surface area contributed by atoms with Crippen LogP contribution in [0.3, 0.4) is 0 Å². The summed E-state index contributed by atoms with van der Waals surface area (Å²) in [5.74, 6) is 1.16. The number of hydrogen-bond acceptors (Lipinski definition) is 3. The van der Waals surface area contributed by atoms with Crippen molar-refractivity contribution in [2.75, 3.05) is 26.3 Å². The Hall–Kier alpha value is -2.82. The smallest absolute Gasteiger partial charge is 0.119 e. The van der Waals surface area contributed by atoms with Gasteiger partial charge in [0.15, 0.2) is 0 Å². The molecule has 1 aliphatic heterocycles. The number of rotatable bonds is 7. The summed E-state index contributed by atoms with van der Waals surface area (Å²) in [5.41, 5.74) is 8.11. The second kappa shape index (κ2) is 11.1. The summed E-state index contributed by atoms with van der Waals surface area (Å²) in [7, 11) is 0. The van der Waals surface area contributed by atoms with Gasteiger partial charge in [-0.2, -0.15) is 0 Å². The molecule has 3 nitrogen and oxygen atoms in total. The summed E-state index contributed by atoms with van der Waals surface area (Å²) >= 11 is 6.53. The van der Waals surface area contributed by atoms with Crippen molar-refractivity contribution in [3.05, 3.63) is 93.5 Å². The van der Waals surface area contributed by atoms with Crippen molar-refractivity contribution in [3.8, 4) is 11.5 Å². The monoisotopic (exact) mass is 505 g/mol. The zero-order valence-corrected chi connectivity index (χ0v) is 21.5. The van der Waals surface area contributed by atoms with Crippen LogP contribution in [0, 0.1) is 6.92 Å². The lowest BCUT2D eigenvalue weighted by Gasteiger charge is -2.19. The van der Waals surface area contributed by atoms with Crippen LogP contribution in [-0.4, -0.2) is 42.4 Å². The van der Waals surface area contributed by atoms with Crippen molar-refractivity contribution in [2.24, 2.45) is 0 Å². The van der Waals surface area contributed by atoms with Gasteiger partial charge in [0.25, 0.3) is 0 Å². The Kier molecular flexibility index (Phi) is 7.64. The fraction of sp³-hybridized carbons (Fsp3) is 0.355. The van der Waals surface area contributed by atoms with E-state index in [1.807, 2.05) is 19.1 Å². The molecule has 0 unspecified atom stereocenters. The van der Waals surface area contributed by atoms with Crippen LogP contribution in [0.15, 0.2) is 60.7 Å². The molecule has 1 saturated heterocycles. The first-order valence-electron chi connectivity index (χ1n) is 12.9. The molecular weight excluding hydrogens is 473 g/mol. The lowest BCUT2D eigenvalue weighted by molar-refractivity contribution is 0.198. The Balaban J connectivity index is 1.48.